The molecule has 0 fully saturated rings. The SMILES string of the molecule is Cc1cc(=O)n(CCC(=O)O)c(O)c1S(=O)(=O)O. The third-order valence-corrected chi connectivity index (χ3v) is 3.25. The van der Waals surface area contributed by atoms with Crippen LogP contribution in [-0.4, -0.2) is 33.7 Å². The average molecular weight is 277 g/mol. The van der Waals surface area contributed by atoms with E-state index < -0.39 is 45.4 Å². The summed E-state index contributed by atoms with van der Waals surface area (Å²) in [6, 6.07) is 0.894. The van der Waals surface area contributed by atoms with Gasteiger partial charge in [0.15, 0.2) is 4.90 Å². The molecule has 9 heteroatoms. The van der Waals surface area contributed by atoms with Crippen LogP contribution in [0, 0.1) is 6.92 Å². The first-order valence-electron chi connectivity index (χ1n) is 4.77. The quantitative estimate of drug-likeness (QED) is 0.636. The Morgan fingerprint density at radius 3 is 2.44 bits per heavy atom. The monoisotopic (exact) mass is 277 g/mol. The lowest BCUT2D eigenvalue weighted by molar-refractivity contribution is -0.137. The molecule has 8 nitrogen and oxygen atoms in total. The van der Waals surface area contributed by atoms with E-state index in [1.807, 2.05) is 0 Å². The van der Waals surface area contributed by atoms with E-state index in [4.69, 9.17) is 9.66 Å². The van der Waals surface area contributed by atoms with Crippen LogP contribution in [0.4, 0.5) is 0 Å². The molecular weight excluding hydrogens is 266 g/mol. The standard InChI is InChI=1S/C9H11NO7S/c1-5-4-6(11)10(3-2-7(12)13)9(14)8(5)18(15,16)17/h4,14H,2-3H2,1H3,(H,12,13)(H,15,16,17). The number of nitrogens with zero attached hydrogens (tertiary/aromatic N) is 1. The lowest BCUT2D eigenvalue weighted by atomic mass is 10.3. The van der Waals surface area contributed by atoms with Crippen LogP contribution in [0.15, 0.2) is 15.8 Å². The molecule has 0 aliphatic rings. The molecule has 0 saturated carbocycles. The maximum atomic E-state index is 11.5. The van der Waals surface area contributed by atoms with E-state index in [0.717, 1.165) is 6.07 Å². The van der Waals surface area contributed by atoms with Crippen molar-refractivity contribution >= 4 is 16.1 Å². The Bertz CT molecular complexity index is 644. The molecule has 18 heavy (non-hydrogen) atoms. The summed E-state index contributed by atoms with van der Waals surface area (Å²) in [6.07, 6.45) is -0.471. The molecule has 1 aromatic rings. The van der Waals surface area contributed by atoms with Crippen molar-refractivity contribution in [2.45, 2.75) is 24.8 Å². The summed E-state index contributed by atoms with van der Waals surface area (Å²) >= 11 is 0. The van der Waals surface area contributed by atoms with Gasteiger partial charge in [-0.25, -0.2) is 0 Å². The van der Waals surface area contributed by atoms with Crippen molar-refractivity contribution in [3.8, 4) is 5.88 Å². The fourth-order valence-corrected chi connectivity index (χ4v) is 2.28. The van der Waals surface area contributed by atoms with E-state index in [1.54, 1.807) is 0 Å². The minimum Gasteiger partial charge on any atom is -0.493 e. The molecular formula is C9H11NO7S. The zero-order valence-corrected chi connectivity index (χ0v) is 10.1. The fraction of sp³-hybridized carbons (Fsp3) is 0.333. The molecule has 1 heterocycles. The molecule has 0 aliphatic carbocycles. The highest BCUT2D eigenvalue weighted by atomic mass is 32.2. The largest absolute Gasteiger partial charge is 0.493 e. The van der Waals surface area contributed by atoms with Crippen LogP contribution in [0.1, 0.15) is 12.0 Å². The molecule has 0 spiro atoms. The third kappa shape index (κ3) is 2.87. The highest BCUT2D eigenvalue weighted by Gasteiger charge is 2.23. The second kappa shape index (κ2) is 4.78. The van der Waals surface area contributed by atoms with E-state index >= 15 is 0 Å². The summed E-state index contributed by atoms with van der Waals surface area (Å²) in [5.41, 5.74) is -0.870. The predicted molar refractivity (Wildman–Crippen MR) is 59.2 cm³/mol. The van der Waals surface area contributed by atoms with E-state index in [2.05, 4.69) is 0 Å². The zero-order valence-electron chi connectivity index (χ0n) is 9.32. The minimum absolute atomic E-state index is 0.119. The van der Waals surface area contributed by atoms with Gasteiger partial charge in [0.05, 0.1) is 6.42 Å². The van der Waals surface area contributed by atoms with Gasteiger partial charge in [-0.3, -0.25) is 18.7 Å². The molecule has 0 aromatic carbocycles. The smallest absolute Gasteiger partial charge is 0.305 e. The average Bonchev–Trinajstić information content (AvgIpc) is 2.13. The lowest BCUT2D eigenvalue weighted by Gasteiger charge is -2.11. The summed E-state index contributed by atoms with van der Waals surface area (Å²) in [5.74, 6) is -2.18. The molecule has 0 atom stereocenters. The Balaban J connectivity index is 3.46. The normalized spacial score (nSPS) is 11.4. The van der Waals surface area contributed by atoms with Crippen LogP contribution >= 0.6 is 0 Å². The lowest BCUT2D eigenvalue weighted by Crippen LogP contribution is -2.23. The van der Waals surface area contributed by atoms with Crippen molar-refractivity contribution in [2.24, 2.45) is 0 Å². The second-order valence-electron chi connectivity index (χ2n) is 3.59. The minimum atomic E-state index is -4.70. The maximum absolute atomic E-state index is 11.5. The molecule has 1 rings (SSSR count). The number of hydrogen-bond acceptors (Lipinski definition) is 5. The predicted octanol–water partition coefficient (Wildman–Crippen LogP) is -0.416. The fourth-order valence-electron chi connectivity index (χ4n) is 1.47. The number of carboxylic acids is 1. The first-order chi connectivity index (χ1) is 8.14. The molecule has 0 amide bonds. The highest BCUT2D eigenvalue weighted by molar-refractivity contribution is 7.86. The maximum Gasteiger partial charge on any atom is 0.305 e. The number of aryl methyl sites for hydroxylation is 1. The number of carboxylic acid groups (broad SMARTS) is 1. The van der Waals surface area contributed by atoms with Gasteiger partial charge >= 0.3 is 5.97 Å². The number of rotatable bonds is 4. The number of aromatic hydroxyl groups is 1. The summed E-state index contributed by atoms with van der Waals surface area (Å²) in [5, 5.41) is 18.1. The van der Waals surface area contributed by atoms with Crippen molar-refractivity contribution in [1.29, 1.82) is 0 Å². The number of pyridine rings is 1. The van der Waals surface area contributed by atoms with Gasteiger partial charge in [0.25, 0.3) is 15.7 Å². The van der Waals surface area contributed by atoms with Gasteiger partial charge in [-0.1, -0.05) is 0 Å². The number of aromatic nitrogens is 1. The van der Waals surface area contributed by atoms with Gasteiger partial charge in [-0.05, 0) is 12.5 Å². The molecule has 1 aromatic heterocycles. The molecule has 100 valence electrons. The van der Waals surface area contributed by atoms with Gasteiger partial charge in [0, 0.05) is 12.6 Å². The van der Waals surface area contributed by atoms with E-state index in [9.17, 15) is 23.1 Å². The van der Waals surface area contributed by atoms with Crippen LogP contribution in [0.3, 0.4) is 0 Å². The van der Waals surface area contributed by atoms with Gasteiger partial charge in [-0.15, -0.1) is 0 Å². The Labute approximate surface area is 102 Å². The highest BCUT2D eigenvalue weighted by Crippen LogP contribution is 2.24. The number of hydrogen-bond donors (Lipinski definition) is 3. The van der Waals surface area contributed by atoms with Crippen LogP contribution in [0.5, 0.6) is 5.88 Å². The Morgan fingerprint density at radius 1 is 1.44 bits per heavy atom. The van der Waals surface area contributed by atoms with Crippen molar-refractivity contribution in [3.63, 3.8) is 0 Å². The summed E-state index contributed by atoms with van der Waals surface area (Å²) < 4.78 is 31.6. The van der Waals surface area contributed by atoms with Gasteiger partial charge < -0.3 is 10.2 Å². The summed E-state index contributed by atoms with van der Waals surface area (Å²) in [7, 11) is -4.70. The molecule has 0 aliphatic heterocycles. The first kappa shape index (κ1) is 14.2. The van der Waals surface area contributed by atoms with E-state index in [1.165, 1.54) is 6.92 Å². The zero-order chi connectivity index (χ0) is 14.1. The topological polar surface area (TPSA) is 134 Å². The van der Waals surface area contributed by atoms with Crippen LogP contribution in [0.25, 0.3) is 0 Å². The van der Waals surface area contributed by atoms with Gasteiger partial charge in [0.1, 0.15) is 0 Å². The number of aliphatic carboxylic acids is 1. The van der Waals surface area contributed by atoms with Gasteiger partial charge in [0.2, 0.25) is 5.88 Å². The van der Waals surface area contributed by atoms with E-state index in [-0.39, 0.29) is 5.56 Å². The van der Waals surface area contributed by atoms with Crippen LogP contribution < -0.4 is 5.56 Å². The molecule has 0 bridgehead atoms. The Hall–Kier alpha value is -1.87. The van der Waals surface area contributed by atoms with Crippen LogP contribution in [-0.2, 0) is 21.5 Å². The third-order valence-electron chi connectivity index (χ3n) is 2.23. The van der Waals surface area contributed by atoms with Crippen molar-refractivity contribution in [3.05, 3.63) is 22.0 Å². The first-order valence-corrected chi connectivity index (χ1v) is 6.21. The van der Waals surface area contributed by atoms with Crippen LogP contribution in [0.2, 0.25) is 0 Å². The molecule has 0 unspecified atom stereocenters. The molecule has 0 saturated heterocycles. The second-order valence-corrected chi connectivity index (χ2v) is 4.95. The summed E-state index contributed by atoms with van der Waals surface area (Å²) in [6.45, 7) is 0.828. The van der Waals surface area contributed by atoms with Crippen molar-refractivity contribution in [2.75, 3.05) is 0 Å². The van der Waals surface area contributed by atoms with Crippen molar-refractivity contribution in [1.82, 2.24) is 4.57 Å². The Kier molecular flexibility index (Phi) is 3.77. The number of carbonyl (C=O) groups is 1. The Morgan fingerprint density at radius 2 is 2.00 bits per heavy atom. The molecule has 3 N–H and O–H groups in total. The van der Waals surface area contributed by atoms with Gasteiger partial charge in [-0.2, -0.15) is 8.42 Å². The van der Waals surface area contributed by atoms with Crippen molar-refractivity contribution < 1.29 is 28.0 Å². The molecule has 0 radical (unpaired) electrons. The van der Waals surface area contributed by atoms with E-state index in [0.29, 0.717) is 4.57 Å². The summed E-state index contributed by atoms with van der Waals surface area (Å²) in [4.78, 5) is 21.1.